The lowest BCUT2D eigenvalue weighted by Gasteiger charge is -2.15. The molecule has 5 heteroatoms. The summed E-state index contributed by atoms with van der Waals surface area (Å²) in [5.74, 6) is -0.103. The molecular formula is C20H26N3O2+. The van der Waals surface area contributed by atoms with Crippen molar-refractivity contribution in [1.82, 2.24) is 5.32 Å². The molecule has 0 saturated heterocycles. The van der Waals surface area contributed by atoms with Crippen molar-refractivity contribution in [3.8, 4) is 0 Å². The molecule has 2 amide bonds. The number of carbonyl (C=O) groups is 2. The normalized spacial score (nSPS) is 11.7. The van der Waals surface area contributed by atoms with Crippen LogP contribution >= 0.6 is 0 Å². The third kappa shape index (κ3) is 5.16. The largest absolute Gasteiger partial charge is 0.355 e. The average molecular weight is 340 g/mol. The van der Waals surface area contributed by atoms with E-state index in [4.69, 9.17) is 0 Å². The van der Waals surface area contributed by atoms with Gasteiger partial charge >= 0.3 is 0 Å². The van der Waals surface area contributed by atoms with Gasteiger partial charge < -0.3 is 15.5 Å². The van der Waals surface area contributed by atoms with Gasteiger partial charge in [0.2, 0.25) is 0 Å². The number of amides is 2. The fourth-order valence-corrected chi connectivity index (χ4v) is 2.68. The van der Waals surface area contributed by atoms with Gasteiger partial charge in [0.1, 0.15) is 6.54 Å². The van der Waals surface area contributed by atoms with E-state index < -0.39 is 0 Å². The lowest BCUT2D eigenvalue weighted by molar-refractivity contribution is -0.885. The number of hydrogen-bond donors (Lipinski definition) is 3. The minimum absolute atomic E-state index is 0.00631. The van der Waals surface area contributed by atoms with Crippen LogP contribution in [0.4, 0.5) is 5.69 Å². The molecule has 2 rings (SSSR count). The van der Waals surface area contributed by atoms with E-state index in [0.29, 0.717) is 18.7 Å². The first-order valence-electron chi connectivity index (χ1n) is 8.39. The van der Waals surface area contributed by atoms with Crippen LogP contribution in [-0.4, -0.2) is 32.5 Å². The third-order valence-corrected chi connectivity index (χ3v) is 4.29. The van der Waals surface area contributed by atoms with Crippen LogP contribution in [0.2, 0.25) is 0 Å². The van der Waals surface area contributed by atoms with Crippen LogP contribution in [0.25, 0.3) is 0 Å². The van der Waals surface area contributed by atoms with E-state index in [1.54, 1.807) is 19.2 Å². The number of aryl methyl sites for hydroxylation is 1. The van der Waals surface area contributed by atoms with E-state index in [-0.39, 0.29) is 11.8 Å². The molecule has 0 radical (unpaired) electrons. The fraction of sp³-hybridized carbons (Fsp3) is 0.300. The standard InChI is InChI=1S/C20H25N3O2/c1-14-6-5-7-18(15(14)2)22-19(24)13-23(4)12-16-8-10-17(11-9-16)20(25)21-3/h5-11H,12-13H2,1-4H3,(H,21,25)(H,22,24)/p+1. The maximum atomic E-state index is 12.3. The lowest BCUT2D eigenvalue weighted by Crippen LogP contribution is -3.08. The average Bonchev–Trinajstić information content (AvgIpc) is 2.58. The van der Waals surface area contributed by atoms with E-state index in [1.807, 2.05) is 51.2 Å². The van der Waals surface area contributed by atoms with Crippen LogP contribution in [0.15, 0.2) is 42.5 Å². The smallest absolute Gasteiger partial charge is 0.279 e. The molecule has 3 N–H and O–H groups in total. The number of anilines is 1. The highest BCUT2D eigenvalue weighted by atomic mass is 16.2. The van der Waals surface area contributed by atoms with Crippen LogP contribution in [0.3, 0.4) is 0 Å². The van der Waals surface area contributed by atoms with Crippen LogP contribution < -0.4 is 15.5 Å². The molecule has 2 aromatic carbocycles. The van der Waals surface area contributed by atoms with Gasteiger partial charge in [-0.15, -0.1) is 0 Å². The minimum Gasteiger partial charge on any atom is -0.355 e. The molecule has 132 valence electrons. The molecule has 0 aliphatic rings. The summed E-state index contributed by atoms with van der Waals surface area (Å²) >= 11 is 0. The lowest BCUT2D eigenvalue weighted by atomic mass is 10.1. The van der Waals surface area contributed by atoms with Crippen LogP contribution in [0, 0.1) is 13.8 Å². The van der Waals surface area contributed by atoms with Crippen molar-refractivity contribution < 1.29 is 14.5 Å². The van der Waals surface area contributed by atoms with Gasteiger partial charge in [-0.3, -0.25) is 9.59 Å². The molecule has 0 spiro atoms. The summed E-state index contributed by atoms with van der Waals surface area (Å²) in [6.45, 7) is 5.14. The number of quaternary nitrogens is 1. The molecule has 0 fully saturated rings. The number of rotatable bonds is 6. The van der Waals surface area contributed by atoms with E-state index >= 15 is 0 Å². The predicted octanol–water partition coefficient (Wildman–Crippen LogP) is 1.32. The van der Waals surface area contributed by atoms with Gasteiger partial charge in [-0.2, -0.15) is 0 Å². The minimum atomic E-state index is -0.0971. The second kappa shape index (κ2) is 8.44. The molecule has 1 atom stereocenters. The molecule has 0 heterocycles. The van der Waals surface area contributed by atoms with Crippen LogP contribution in [0.1, 0.15) is 27.0 Å². The monoisotopic (exact) mass is 340 g/mol. The predicted molar refractivity (Wildman–Crippen MR) is 99.8 cm³/mol. The van der Waals surface area contributed by atoms with E-state index in [9.17, 15) is 9.59 Å². The SMILES string of the molecule is CNC(=O)c1ccc(C[NH+](C)CC(=O)Nc2cccc(C)c2C)cc1. The second-order valence-electron chi connectivity index (χ2n) is 6.38. The zero-order valence-corrected chi connectivity index (χ0v) is 15.3. The van der Waals surface area contributed by atoms with Crippen molar-refractivity contribution in [2.24, 2.45) is 0 Å². The van der Waals surface area contributed by atoms with Gasteiger partial charge in [0.15, 0.2) is 6.54 Å². The van der Waals surface area contributed by atoms with Gasteiger partial charge in [-0.1, -0.05) is 24.3 Å². The molecule has 0 aliphatic carbocycles. The Morgan fingerprint density at radius 3 is 2.36 bits per heavy atom. The summed E-state index contributed by atoms with van der Waals surface area (Å²) in [4.78, 5) is 24.9. The zero-order valence-electron chi connectivity index (χ0n) is 15.3. The number of hydrogen-bond acceptors (Lipinski definition) is 2. The van der Waals surface area contributed by atoms with Gasteiger partial charge in [-0.05, 0) is 43.2 Å². The highest BCUT2D eigenvalue weighted by Crippen LogP contribution is 2.17. The first kappa shape index (κ1) is 18.7. The summed E-state index contributed by atoms with van der Waals surface area (Å²) in [5, 5.41) is 5.59. The first-order chi connectivity index (χ1) is 11.9. The molecule has 0 aliphatic heterocycles. The number of benzene rings is 2. The Kier molecular flexibility index (Phi) is 6.31. The maximum Gasteiger partial charge on any atom is 0.279 e. The zero-order chi connectivity index (χ0) is 18.4. The van der Waals surface area contributed by atoms with Gasteiger partial charge in [-0.25, -0.2) is 0 Å². The maximum absolute atomic E-state index is 12.3. The Labute approximate surface area is 149 Å². The quantitative estimate of drug-likeness (QED) is 0.743. The topological polar surface area (TPSA) is 62.6 Å². The third-order valence-electron chi connectivity index (χ3n) is 4.29. The number of carbonyl (C=O) groups excluding carboxylic acids is 2. The Hall–Kier alpha value is -2.66. The van der Waals surface area contributed by atoms with E-state index in [2.05, 4.69) is 10.6 Å². The van der Waals surface area contributed by atoms with E-state index in [0.717, 1.165) is 27.3 Å². The number of nitrogens with one attached hydrogen (secondary N) is 3. The molecule has 25 heavy (non-hydrogen) atoms. The van der Waals surface area contributed by atoms with Crippen molar-refractivity contribution in [2.45, 2.75) is 20.4 Å². The summed E-state index contributed by atoms with van der Waals surface area (Å²) in [7, 11) is 3.60. The van der Waals surface area contributed by atoms with Crippen molar-refractivity contribution >= 4 is 17.5 Å². The summed E-state index contributed by atoms with van der Waals surface area (Å²) in [5.41, 5.74) is 4.85. The number of likely N-dealkylation sites (N-methyl/N-ethyl adjacent to an activating group) is 1. The Morgan fingerprint density at radius 1 is 1.04 bits per heavy atom. The Balaban J connectivity index is 1.91. The Morgan fingerprint density at radius 2 is 1.72 bits per heavy atom. The highest BCUT2D eigenvalue weighted by molar-refractivity contribution is 5.94. The van der Waals surface area contributed by atoms with Gasteiger partial charge in [0, 0.05) is 23.9 Å². The Bertz CT molecular complexity index is 754. The van der Waals surface area contributed by atoms with Crippen molar-refractivity contribution in [1.29, 1.82) is 0 Å². The van der Waals surface area contributed by atoms with Crippen LogP contribution in [0.5, 0.6) is 0 Å². The van der Waals surface area contributed by atoms with E-state index in [1.165, 1.54) is 0 Å². The molecule has 0 aromatic heterocycles. The molecule has 1 unspecified atom stereocenters. The summed E-state index contributed by atoms with van der Waals surface area (Å²) in [6.07, 6.45) is 0. The summed E-state index contributed by atoms with van der Waals surface area (Å²) in [6, 6.07) is 13.4. The van der Waals surface area contributed by atoms with Crippen LogP contribution in [-0.2, 0) is 11.3 Å². The highest BCUT2D eigenvalue weighted by Gasteiger charge is 2.12. The molecule has 0 bridgehead atoms. The second-order valence-corrected chi connectivity index (χ2v) is 6.38. The molecule has 2 aromatic rings. The molecule has 5 nitrogen and oxygen atoms in total. The van der Waals surface area contributed by atoms with Gasteiger partial charge in [0.05, 0.1) is 7.05 Å². The van der Waals surface area contributed by atoms with Crippen molar-refractivity contribution in [3.05, 3.63) is 64.7 Å². The van der Waals surface area contributed by atoms with Crippen molar-refractivity contribution in [3.63, 3.8) is 0 Å². The van der Waals surface area contributed by atoms with Gasteiger partial charge in [0.25, 0.3) is 11.8 Å². The van der Waals surface area contributed by atoms with Crippen molar-refractivity contribution in [2.75, 3.05) is 26.0 Å². The molecule has 0 saturated carbocycles. The molecular weight excluding hydrogens is 314 g/mol. The summed E-state index contributed by atoms with van der Waals surface area (Å²) < 4.78 is 0. The fourth-order valence-electron chi connectivity index (χ4n) is 2.68. The first-order valence-corrected chi connectivity index (χ1v) is 8.39.